The van der Waals surface area contributed by atoms with E-state index in [9.17, 15) is 4.79 Å². The topological polar surface area (TPSA) is 46.9 Å². The third kappa shape index (κ3) is 1.07. The Balaban J connectivity index is 2.77. The van der Waals surface area contributed by atoms with Gasteiger partial charge in [0, 0.05) is 13.2 Å². The first-order valence-corrected chi connectivity index (χ1v) is 2.48. The number of rotatable bonds is 0. The molecule has 0 aromatic carbocycles. The predicted octanol–water partition coefficient (Wildman–Crippen LogP) is -0.129. The number of aromatic nitrogens is 2. The summed E-state index contributed by atoms with van der Waals surface area (Å²) in [5.74, 6) is 0. The fourth-order valence-corrected chi connectivity index (χ4v) is 0.460. The Morgan fingerprint density at radius 2 is 2.67 bits per heavy atom. The van der Waals surface area contributed by atoms with Crippen LogP contribution >= 0.6 is 0 Å². The Bertz CT molecular complexity index is 192. The standard InChI is InChI=1S/C5H6N3O/c1-6-5(9)8-4-2-3-7-8/h2,4H,1H3,(H,6,9). The van der Waals surface area contributed by atoms with Crippen LogP contribution in [0.15, 0.2) is 12.3 Å². The Morgan fingerprint density at radius 3 is 3.11 bits per heavy atom. The summed E-state index contributed by atoms with van der Waals surface area (Å²) in [6.45, 7) is 0. The Morgan fingerprint density at radius 1 is 1.89 bits per heavy atom. The minimum atomic E-state index is -0.253. The van der Waals surface area contributed by atoms with Crippen LogP contribution in [0, 0.1) is 6.20 Å². The normalized spacial score (nSPS) is 9.00. The largest absolute Gasteiger partial charge is 0.341 e. The van der Waals surface area contributed by atoms with E-state index in [4.69, 9.17) is 0 Å². The number of carbonyl (C=O) groups excluding carboxylic acids is 1. The van der Waals surface area contributed by atoms with Gasteiger partial charge in [0.25, 0.3) is 0 Å². The number of hydrogen-bond acceptors (Lipinski definition) is 2. The third-order valence-electron chi connectivity index (χ3n) is 0.878. The average molecular weight is 124 g/mol. The van der Waals surface area contributed by atoms with Gasteiger partial charge in [0.2, 0.25) is 0 Å². The zero-order chi connectivity index (χ0) is 6.69. The van der Waals surface area contributed by atoms with Crippen molar-refractivity contribution in [2.45, 2.75) is 0 Å². The molecule has 1 aromatic rings. The lowest BCUT2D eigenvalue weighted by Gasteiger charge is -1.94. The summed E-state index contributed by atoms with van der Waals surface area (Å²) in [7, 11) is 1.55. The second-order valence-corrected chi connectivity index (χ2v) is 1.44. The Hall–Kier alpha value is -1.32. The quantitative estimate of drug-likeness (QED) is 0.523. The molecule has 1 amide bonds. The van der Waals surface area contributed by atoms with E-state index in [1.54, 1.807) is 13.1 Å². The molecule has 0 unspecified atom stereocenters. The molecule has 0 saturated heterocycles. The molecule has 0 atom stereocenters. The summed E-state index contributed by atoms with van der Waals surface area (Å²) in [6.07, 6.45) is 4.02. The summed E-state index contributed by atoms with van der Waals surface area (Å²) in [4.78, 5) is 10.6. The second-order valence-electron chi connectivity index (χ2n) is 1.44. The zero-order valence-electron chi connectivity index (χ0n) is 4.96. The maximum Gasteiger partial charge on any atom is 0.341 e. The number of nitrogens with zero attached hydrogens (tertiary/aromatic N) is 2. The van der Waals surface area contributed by atoms with Crippen LogP contribution in [-0.2, 0) is 0 Å². The number of amides is 1. The molecule has 0 aliphatic carbocycles. The molecule has 0 bridgehead atoms. The van der Waals surface area contributed by atoms with Crippen LogP contribution in [0.25, 0.3) is 0 Å². The van der Waals surface area contributed by atoms with Gasteiger partial charge in [-0.15, -0.1) is 0 Å². The summed E-state index contributed by atoms with van der Waals surface area (Å²) < 4.78 is 1.17. The SMILES string of the molecule is CNC(=O)n1cc[c]n1. The average Bonchev–Trinajstić information content (AvgIpc) is 2.37. The van der Waals surface area contributed by atoms with Crippen molar-refractivity contribution in [3.05, 3.63) is 18.5 Å². The molecule has 0 fully saturated rings. The van der Waals surface area contributed by atoms with Crippen molar-refractivity contribution in [3.8, 4) is 0 Å². The molecule has 47 valence electrons. The van der Waals surface area contributed by atoms with Gasteiger partial charge in [-0.05, 0) is 6.07 Å². The fraction of sp³-hybridized carbons (Fsp3) is 0.200. The predicted molar refractivity (Wildman–Crippen MR) is 30.9 cm³/mol. The Kier molecular flexibility index (Phi) is 1.48. The molecule has 0 saturated carbocycles. The van der Waals surface area contributed by atoms with E-state index >= 15 is 0 Å². The van der Waals surface area contributed by atoms with Crippen LogP contribution in [-0.4, -0.2) is 22.9 Å². The van der Waals surface area contributed by atoms with E-state index in [1.165, 1.54) is 10.9 Å². The molecule has 4 nitrogen and oxygen atoms in total. The van der Waals surface area contributed by atoms with Crippen LogP contribution < -0.4 is 5.32 Å². The van der Waals surface area contributed by atoms with Crippen molar-refractivity contribution in [2.24, 2.45) is 0 Å². The molecular weight excluding hydrogens is 118 g/mol. The van der Waals surface area contributed by atoms with Gasteiger partial charge in [-0.25, -0.2) is 4.79 Å². The highest BCUT2D eigenvalue weighted by Gasteiger charge is 1.96. The summed E-state index contributed by atoms with van der Waals surface area (Å²) in [5, 5.41) is 5.98. The van der Waals surface area contributed by atoms with Crippen LogP contribution in [0.2, 0.25) is 0 Å². The van der Waals surface area contributed by atoms with E-state index in [0.29, 0.717) is 0 Å². The fourth-order valence-electron chi connectivity index (χ4n) is 0.460. The van der Waals surface area contributed by atoms with Crippen molar-refractivity contribution in [3.63, 3.8) is 0 Å². The van der Waals surface area contributed by atoms with Crippen LogP contribution in [0.1, 0.15) is 0 Å². The van der Waals surface area contributed by atoms with Gasteiger partial charge in [0.15, 0.2) is 0 Å². The van der Waals surface area contributed by atoms with Gasteiger partial charge in [-0.1, -0.05) is 0 Å². The van der Waals surface area contributed by atoms with E-state index < -0.39 is 0 Å². The van der Waals surface area contributed by atoms with Gasteiger partial charge < -0.3 is 5.32 Å². The van der Waals surface area contributed by atoms with Crippen molar-refractivity contribution < 1.29 is 4.79 Å². The van der Waals surface area contributed by atoms with Gasteiger partial charge in [-0.2, -0.15) is 9.78 Å². The molecular formula is C5H6N3O. The highest BCUT2D eigenvalue weighted by Crippen LogP contribution is 1.79. The van der Waals surface area contributed by atoms with Crippen molar-refractivity contribution >= 4 is 6.03 Å². The molecule has 0 aliphatic rings. The number of hydrogen-bond donors (Lipinski definition) is 1. The van der Waals surface area contributed by atoms with Gasteiger partial charge in [-0.3, -0.25) is 0 Å². The molecule has 1 heterocycles. The molecule has 0 spiro atoms. The van der Waals surface area contributed by atoms with E-state index in [0.717, 1.165) is 0 Å². The summed E-state index contributed by atoms with van der Waals surface area (Å²) in [5.41, 5.74) is 0. The zero-order valence-corrected chi connectivity index (χ0v) is 4.96. The lowest BCUT2D eigenvalue weighted by Crippen LogP contribution is -2.24. The van der Waals surface area contributed by atoms with E-state index in [2.05, 4.69) is 16.6 Å². The molecule has 9 heavy (non-hydrogen) atoms. The van der Waals surface area contributed by atoms with Crippen molar-refractivity contribution in [2.75, 3.05) is 7.05 Å². The minimum absolute atomic E-state index is 0.253. The Labute approximate surface area is 52.5 Å². The maximum atomic E-state index is 10.6. The number of nitrogens with one attached hydrogen (secondary N) is 1. The lowest BCUT2D eigenvalue weighted by molar-refractivity contribution is 0.241. The third-order valence-corrected chi connectivity index (χ3v) is 0.878. The second kappa shape index (κ2) is 2.30. The highest BCUT2D eigenvalue weighted by atomic mass is 16.2. The summed E-state index contributed by atoms with van der Waals surface area (Å²) >= 11 is 0. The maximum absolute atomic E-state index is 10.6. The first kappa shape index (κ1) is 5.81. The highest BCUT2D eigenvalue weighted by molar-refractivity contribution is 5.74. The number of carbonyl (C=O) groups is 1. The smallest absolute Gasteiger partial charge is 0.339 e. The molecule has 1 radical (unpaired) electrons. The van der Waals surface area contributed by atoms with Gasteiger partial charge in [0.1, 0.15) is 6.20 Å². The van der Waals surface area contributed by atoms with E-state index in [-0.39, 0.29) is 6.03 Å². The summed E-state index contributed by atoms with van der Waals surface area (Å²) in [6, 6.07) is 1.31. The first-order valence-electron chi connectivity index (χ1n) is 2.48. The van der Waals surface area contributed by atoms with Crippen LogP contribution in [0.3, 0.4) is 0 Å². The first-order chi connectivity index (χ1) is 4.34. The molecule has 4 heteroatoms. The minimum Gasteiger partial charge on any atom is -0.339 e. The van der Waals surface area contributed by atoms with Crippen molar-refractivity contribution in [1.82, 2.24) is 15.1 Å². The monoisotopic (exact) mass is 124 g/mol. The lowest BCUT2D eigenvalue weighted by atomic mass is 10.7. The molecule has 1 aromatic heterocycles. The van der Waals surface area contributed by atoms with Crippen LogP contribution in [0.5, 0.6) is 0 Å². The van der Waals surface area contributed by atoms with E-state index in [1.807, 2.05) is 0 Å². The van der Waals surface area contributed by atoms with Gasteiger partial charge >= 0.3 is 6.03 Å². The molecule has 1 N–H and O–H groups in total. The van der Waals surface area contributed by atoms with Gasteiger partial charge in [0.05, 0.1) is 0 Å². The molecule has 0 aliphatic heterocycles. The van der Waals surface area contributed by atoms with Crippen molar-refractivity contribution in [1.29, 1.82) is 0 Å². The molecule has 1 rings (SSSR count). The van der Waals surface area contributed by atoms with Crippen LogP contribution in [0.4, 0.5) is 4.79 Å².